The normalized spacial score (nSPS) is 36.7. The van der Waals surface area contributed by atoms with E-state index >= 15 is 0 Å². The van der Waals surface area contributed by atoms with Gasteiger partial charge in [0.2, 0.25) is 0 Å². The van der Waals surface area contributed by atoms with Gasteiger partial charge in [-0.3, -0.25) is 4.68 Å². The van der Waals surface area contributed by atoms with E-state index in [1.54, 1.807) is 6.20 Å². The zero-order valence-corrected chi connectivity index (χ0v) is 13.0. The molecule has 4 atom stereocenters. The van der Waals surface area contributed by atoms with Crippen LogP contribution in [0, 0.1) is 11.8 Å². The molecule has 2 heterocycles. The van der Waals surface area contributed by atoms with Crippen molar-refractivity contribution in [3.8, 4) is 0 Å². The quantitative estimate of drug-likeness (QED) is 0.894. The molecule has 2 saturated carbocycles. The zero-order chi connectivity index (χ0) is 15.1. The number of amides is 2. The van der Waals surface area contributed by atoms with Crippen molar-refractivity contribution in [2.75, 3.05) is 6.61 Å². The van der Waals surface area contributed by atoms with E-state index < -0.39 is 0 Å². The number of nitrogens with one attached hydrogen (secondary N) is 2. The van der Waals surface area contributed by atoms with Crippen LogP contribution in [0.15, 0.2) is 12.3 Å². The molecule has 1 aliphatic heterocycles. The highest BCUT2D eigenvalue weighted by molar-refractivity contribution is 5.74. The standard InChI is InChI=1S/C16H24N4O2/c1-20-14(2-4-17-20)15-9-12(3-5-22-15)18-16(21)19-13-7-10-6-11(10)8-13/h2,4,10-13,15H,3,5-9H2,1H3,(H2,18,19,21). The van der Waals surface area contributed by atoms with Crippen LogP contribution >= 0.6 is 0 Å². The summed E-state index contributed by atoms with van der Waals surface area (Å²) in [6, 6.07) is 2.53. The van der Waals surface area contributed by atoms with Gasteiger partial charge < -0.3 is 15.4 Å². The highest BCUT2D eigenvalue weighted by Gasteiger charge is 2.46. The summed E-state index contributed by atoms with van der Waals surface area (Å²) in [5.41, 5.74) is 1.07. The lowest BCUT2D eigenvalue weighted by atomic mass is 10.0. The molecule has 3 fully saturated rings. The van der Waals surface area contributed by atoms with Gasteiger partial charge in [0.15, 0.2) is 0 Å². The molecule has 0 bridgehead atoms. The van der Waals surface area contributed by atoms with Crippen LogP contribution < -0.4 is 10.6 Å². The van der Waals surface area contributed by atoms with E-state index in [0.29, 0.717) is 12.6 Å². The molecular weight excluding hydrogens is 280 g/mol. The fraction of sp³-hybridized carbons (Fsp3) is 0.750. The van der Waals surface area contributed by atoms with Gasteiger partial charge in [-0.15, -0.1) is 0 Å². The lowest BCUT2D eigenvalue weighted by molar-refractivity contribution is -0.00235. The number of nitrogens with zero attached hydrogens (tertiary/aromatic N) is 2. The summed E-state index contributed by atoms with van der Waals surface area (Å²) in [5, 5.41) is 10.5. The minimum absolute atomic E-state index is 0.0121. The second-order valence-corrected chi connectivity index (χ2v) is 7.00. The van der Waals surface area contributed by atoms with Crippen molar-refractivity contribution < 1.29 is 9.53 Å². The second kappa shape index (κ2) is 5.57. The Kier molecular flexibility index (Phi) is 3.56. The van der Waals surface area contributed by atoms with Gasteiger partial charge in [-0.1, -0.05) is 0 Å². The predicted octanol–water partition coefficient (Wildman–Crippen LogP) is 1.74. The van der Waals surface area contributed by atoms with Gasteiger partial charge in [-0.2, -0.15) is 5.10 Å². The Morgan fingerprint density at radius 1 is 1.23 bits per heavy atom. The Bertz CT molecular complexity index is 548. The Hall–Kier alpha value is -1.56. The first-order chi connectivity index (χ1) is 10.7. The molecule has 1 saturated heterocycles. The average Bonchev–Trinajstić information content (AvgIpc) is 2.90. The van der Waals surface area contributed by atoms with Gasteiger partial charge in [-0.05, 0) is 50.0 Å². The molecule has 4 rings (SSSR count). The number of urea groups is 1. The van der Waals surface area contributed by atoms with E-state index in [1.807, 2.05) is 17.8 Å². The van der Waals surface area contributed by atoms with Crippen molar-refractivity contribution in [3.63, 3.8) is 0 Å². The Morgan fingerprint density at radius 2 is 2.00 bits per heavy atom. The van der Waals surface area contributed by atoms with Gasteiger partial charge in [0.25, 0.3) is 0 Å². The molecule has 2 N–H and O–H groups in total. The lowest BCUT2D eigenvalue weighted by Crippen LogP contribution is -2.47. The minimum Gasteiger partial charge on any atom is -0.372 e. The first kappa shape index (κ1) is 14.1. The molecule has 22 heavy (non-hydrogen) atoms. The molecular formula is C16H24N4O2. The number of fused-ring (bicyclic) bond motifs is 1. The van der Waals surface area contributed by atoms with Crippen LogP contribution in [0.4, 0.5) is 4.79 Å². The van der Waals surface area contributed by atoms with Crippen LogP contribution in [0.25, 0.3) is 0 Å². The highest BCUT2D eigenvalue weighted by Crippen LogP contribution is 2.51. The van der Waals surface area contributed by atoms with Crippen LogP contribution in [-0.2, 0) is 11.8 Å². The topological polar surface area (TPSA) is 68.2 Å². The number of carbonyl (C=O) groups is 1. The van der Waals surface area contributed by atoms with Crippen molar-refractivity contribution in [1.82, 2.24) is 20.4 Å². The number of hydrogen-bond donors (Lipinski definition) is 2. The summed E-state index contributed by atoms with van der Waals surface area (Å²) in [6.07, 6.45) is 7.21. The van der Waals surface area contributed by atoms with E-state index in [4.69, 9.17) is 4.74 Å². The van der Waals surface area contributed by atoms with Crippen LogP contribution in [0.3, 0.4) is 0 Å². The summed E-state index contributed by atoms with van der Waals surface area (Å²) >= 11 is 0. The lowest BCUT2D eigenvalue weighted by Gasteiger charge is -2.30. The van der Waals surface area contributed by atoms with E-state index in [2.05, 4.69) is 15.7 Å². The van der Waals surface area contributed by atoms with Gasteiger partial charge in [0.05, 0.1) is 5.69 Å². The summed E-state index contributed by atoms with van der Waals surface area (Å²) < 4.78 is 7.68. The molecule has 2 aliphatic carbocycles. The Balaban J connectivity index is 1.28. The molecule has 6 nitrogen and oxygen atoms in total. The third kappa shape index (κ3) is 2.84. The molecule has 2 amide bonds. The van der Waals surface area contributed by atoms with Crippen molar-refractivity contribution in [1.29, 1.82) is 0 Å². The second-order valence-electron chi connectivity index (χ2n) is 7.00. The molecule has 0 radical (unpaired) electrons. The van der Waals surface area contributed by atoms with Gasteiger partial charge in [0.1, 0.15) is 6.10 Å². The number of ether oxygens (including phenoxy) is 1. The molecule has 1 aromatic rings. The van der Waals surface area contributed by atoms with E-state index in [9.17, 15) is 4.79 Å². The minimum atomic E-state index is -0.0121. The molecule has 120 valence electrons. The zero-order valence-electron chi connectivity index (χ0n) is 13.0. The van der Waals surface area contributed by atoms with Gasteiger partial charge in [-0.25, -0.2) is 4.79 Å². The SMILES string of the molecule is Cn1nccc1C1CC(NC(=O)NC2CC3CC3C2)CCO1. The predicted molar refractivity (Wildman–Crippen MR) is 81.2 cm³/mol. The fourth-order valence-corrected chi connectivity index (χ4v) is 4.08. The third-order valence-corrected chi connectivity index (χ3v) is 5.39. The summed E-state index contributed by atoms with van der Waals surface area (Å²) in [5.74, 6) is 1.78. The van der Waals surface area contributed by atoms with Gasteiger partial charge >= 0.3 is 6.03 Å². The summed E-state index contributed by atoms with van der Waals surface area (Å²) in [7, 11) is 1.92. The molecule has 0 spiro atoms. The van der Waals surface area contributed by atoms with Crippen LogP contribution in [0.2, 0.25) is 0 Å². The molecule has 4 unspecified atom stereocenters. The summed E-state index contributed by atoms with van der Waals surface area (Å²) in [4.78, 5) is 12.2. The first-order valence-electron chi connectivity index (χ1n) is 8.35. The van der Waals surface area contributed by atoms with Crippen molar-refractivity contribution >= 4 is 6.03 Å². The number of hydrogen-bond acceptors (Lipinski definition) is 3. The van der Waals surface area contributed by atoms with Gasteiger partial charge in [0, 0.05) is 31.9 Å². The fourth-order valence-electron chi connectivity index (χ4n) is 4.08. The number of aromatic nitrogens is 2. The van der Waals surface area contributed by atoms with Crippen molar-refractivity contribution in [2.45, 2.75) is 50.3 Å². The smallest absolute Gasteiger partial charge is 0.315 e. The molecule has 1 aromatic heterocycles. The van der Waals surface area contributed by atoms with Crippen molar-refractivity contribution in [2.24, 2.45) is 18.9 Å². The first-order valence-corrected chi connectivity index (χ1v) is 8.35. The van der Waals surface area contributed by atoms with Crippen LogP contribution in [0.1, 0.15) is 43.9 Å². The third-order valence-electron chi connectivity index (χ3n) is 5.39. The maximum atomic E-state index is 12.2. The largest absolute Gasteiger partial charge is 0.372 e. The van der Waals surface area contributed by atoms with E-state index in [1.165, 1.54) is 19.3 Å². The maximum Gasteiger partial charge on any atom is 0.315 e. The Labute approximate surface area is 130 Å². The molecule has 6 heteroatoms. The van der Waals surface area contributed by atoms with Crippen LogP contribution in [0.5, 0.6) is 0 Å². The Morgan fingerprint density at radius 3 is 2.73 bits per heavy atom. The molecule has 0 aromatic carbocycles. The number of rotatable bonds is 3. The van der Waals surface area contributed by atoms with E-state index in [0.717, 1.165) is 30.4 Å². The highest BCUT2D eigenvalue weighted by atomic mass is 16.5. The van der Waals surface area contributed by atoms with Crippen LogP contribution in [-0.4, -0.2) is 34.5 Å². The number of carbonyl (C=O) groups excluding carboxylic acids is 1. The number of aryl methyl sites for hydroxylation is 1. The average molecular weight is 304 g/mol. The maximum absolute atomic E-state index is 12.2. The summed E-state index contributed by atoms with van der Waals surface area (Å²) in [6.45, 7) is 0.675. The van der Waals surface area contributed by atoms with Crippen molar-refractivity contribution in [3.05, 3.63) is 18.0 Å². The van der Waals surface area contributed by atoms with E-state index in [-0.39, 0.29) is 18.2 Å². The monoisotopic (exact) mass is 304 g/mol. The molecule has 3 aliphatic rings.